The maximum atomic E-state index is 14.4. The lowest BCUT2D eigenvalue weighted by atomic mass is 9.90. The number of oxazole rings is 1. The van der Waals surface area contributed by atoms with Gasteiger partial charge in [0.15, 0.2) is 5.89 Å². The van der Waals surface area contributed by atoms with E-state index < -0.39 is 0 Å². The SMILES string of the molecule is CCc1cnc(N2CCC([C@H]3C[C@H]3CCOc3ccc(Cc4ncco4)c(F)c3)CC2)nc1. The fraction of sp³-hybridized carbons (Fsp3) is 0.500. The van der Waals surface area contributed by atoms with Gasteiger partial charge in [0.25, 0.3) is 0 Å². The van der Waals surface area contributed by atoms with Crippen LogP contribution in [-0.2, 0) is 12.8 Å². The molecule has 174 valence electrons. The lowest BCUT2D eigenvalue weighted by molar-refractivity contribution is 0.283. The topological polar surface area (TPSA) is 64.3 Å². The van der Waals surface area contributed by atoms with E-state index in [1.807, 2.05) is 18.5 Å². The Balaban J connectivity index is 1.03. The maximum absolute atomic E-state index is 14.4. The molecule has 6 nitrogen and oxygen atoms in total. The first-order chi connectivity index (χ1) is 16.2. The number of aromatic nitrogens is 3. The zero-order valence-corrected chi connectivity index (χ0v) is 19.1. The van der Waals surface area contributed by atoms with Crippen molar-refractivity contribution in [2.75, 3.05) is 24.6 Å². The summed E-state index contributed by atoms with van der Waals surface area (Å²) < 4.78 is 25.4. The summed E-state index contributed by atoms with van der Waals surface area (Å²) in [5.41, 5.74) is 1.74. The number of rotatable bonds is 9. The van der Waals surface area contributed by atoms with E-state index in [4.69, 9.17) is 9.15 Å². The fourth-order valence-electron chi connectivity index (χ4n) is 4.99. The Kier molecular flexibility index (Phi) is 6.55. The van der Waals surface area contributed by atoms with Crippen LogP contribution < -0.4 is 9.64 Å². The van der Waals surface area contributed by atoms with Crippen molar-refractivity contribution in [3.05, 3.63) is 65.9 Å². The first-order valence-electron chi connectivity index (χ1n) is 12.0. The van der Waals surface area contributed by atoms with Gasteiger partial charge in [-0.25, -0.2) is 19.3 Å². The summed E-state index contributed by atoms with van der Waals surface area (Å²) in [6, 6.07) is 5.05. The van der Waals surface area contributed by atoms with Crippen molar-refractivity contribution in [1.29, 1.82) is 0 Å². The van der Waals surface area contributed by atoms with Gasteiger partial charge in [-0.05, 0) is 67.1 Å². The Morgan fingerprint density at radius 1 is 1.15 bits per heavy atom. The monoisotopic (exact) mass is 450 g/mol. The zero-order valence-electron chi connectivity index (χ0n) is 19.1. The number of piperidine rings is 1. The first-order valence-corrected chi connectivity index (χ1v) is 12.0. The number of benzene rings is 1. The van der Waals surface area contributed by atoms with Gasteiger partial charge in [-0.1, -0.05) is 13.0 Å². The minimum atomic E-state index is -0.282. The molecule has 0 unspecified atom stereocenters. The van der Waals surface area contributed by atoms with Gasteiger partial charge in [0, 0.05) is 31.5 Å². The zero-order chi connectivity index (χ0) is 22.6. The summed E-state index contributed by atoms with van der Waals surface area (Å²) in [6.07, 6.45) is 13.0. The molecule has 2 atom stereocenters. The second-order valence-corrected chi connectivity index (χ2v) is 9.22. The predicted molar refractivity (Wildman–Crippen MR) is 124 cm³/mol. The van der Waals surface area contributed by atoms with Crippen LogP contribution in [0.25, 0.3) is 0 Å². The Morgan fingerprint density at radius 2 is 1.97 bits per heavy atom. The Morgan fingerprint density at radius 3 is 2.67 bits per heavy atom. The molecule has 1 aliphatic carbocycles. The van der Waals surface area contributed by atoms with E-state index >= 15 is 0 Å². The second kappa shape index (κ2) is 9.89. The lowest BCUT2D eigenvalue weighted by Gasteiger charge is -2.32. The van der Waals surface area contributed by atoms with E-state index in [-0.39, 0.29) is 5.82 Å². The van der Waals surface area contributed by atoms with Crippen molar-refractivity contribution in [3.8, 4) is 5.75 Å². The van der Waals surface area contributed by atoms with Crippen molar-refractivity contribution >= 4 is 5.95 Å². The van der Waals surface area contributed by atoms with Crippen molar-refractivity contribution < 1.29 is 13.5 Å². The number of hydrogen-bond acceptors (Lipinski definition) is 6. The molecular formula is C26H31FN4O2. The van der Waals surface area contributed by atoms with E-state index in [1.165, 1.54) is 37.2 Å². The van der Waals surface area contributed by atoms with Crippen LogP contribution in [-0.4, -0.2) is 34.6 Å². The summed E-state index contributed by atoms with van der Waals surface area (Å²) in [6.45, 7) is 4.83. The molecule has 1 saturated carbocycles. The fourth-order valence-corrected chi connectivity index (χ4v) is 4.99. The highest BCUT2D eigenvalue weighted by atomic mass is 19.1. The molecule has 1 aromatic carbocycles. The third kappa shape index (κ3) is 5.34. The highest BCUT2D eigenvalue weighted by Crippen LogP contribution is 2.49. The van der Waals surface area contributed by atoms with Crippen LogP contribution in [0.2, 0.25) is 0 Å². The van der Waals surface area contributed by atoms with Crippen molar-refractivity contribution in [1.82, 2.24) is 15.0 Å². The highest BCUT2D eigenvalue weighted by molar-refractivity contribution is 5.31. The smallest absolute Gasteiger partial charge is 0.225 e. The Hall–Kier alpha value is -2.96. The number of nitrogens with zero attached hydrogens (tertiary/aromatic N) is 4. The number of ether oxygens (including phenoxy) is 1. The molecule has 0 amide bonds. The van der Waals surface area contributed by atoms with Crippen LogP contribution in [0.1, 0.15) is 49.6 Å². The first kappa shape index (κ1) is 21.9. The van der Waals surface area contributed by atoms with Crippen LogP contribution in [0.4, 0.5) is 10.3 Å². The summed E-state index contributed by atoms with van der Waals surface area (Å²) in [5.74, 6) is 4.00. The van der Waals surface area contributed by atoms with Crippen LogP contribution in [0.15, 0.2) is 47.5 Å². The van der Waals surface area contributed by atoms with Crippen LogP contribution in [0.5, 0.6) is 5.75 Å². The molecule has 5 rings (SSSR count). The number of hydrogen-bond donors (Lipinski definition) is 0. The Labute approximate surface area is 194 Å². The molecule has 7 heteroatoms. The van der Waals surface area contributed by atoms with Crippen molar-refractivity contribution in [3.63, 3.8) is 0 Å². The summed E-state index contributed by atoms with van der Waals surface area (Å²) in [7, 11) is 0. The highest BCUT2D eigenvalue weighted by Gasteiger charge is 2.43. The molecule has 1 saturated heterocycles. The van der Waals surface area contributed by atoms with Gasteiger partial charge in [-0.15, -0.1) is 0 Å². The molecule has 0 radical (unpaired) electrons. The summed E-state index contributed by atoms with van der Waals surface area (Å²) >= 11 is 0. The molecule has 0 N–H and O–H groups in total. The lowest BCUT2D eigenvalue weighted by Crippen LogP contribution is -2.35. The molecule has 1 aliphatic heterocycles. The summed E-state index contributed by atoms with van der Waals surface area (Å²) in [5, 5.41) is 0. The van der Waals surface area contributed by atoms with E-state index in [2.05, 4.69) is 26.8 Å². The van der Waals surface area contributed by atoms with Gasteiger partial charge in [0.05, 0.1) is 19.2 Å². The average molecular weight is 451 g/mol. The van der Waals surface area contributed by atoms with E-state index in [0.29, 0.717) is 30.2 Å². The average Bonchev–Trinajstić information content (AvgIpc) is 3.43. The number of aryl methyl sites for hydroxylation is 1. The molecule has 33 heavy (non-hydrogen) atoms. The molecule has 2 aliphatic rings. The minimum Gasteiger partial charge on any atom is -0.493 e. The minimum absolute atomic E-state index is 0.282. The van der Waals surface area contributed by atoms with E-state index in [9.17, 15) is 4.39 Å². The van der Waals surface area contributed by atoms with Crippen LogP contribution in [0.3, 0.4) is 0 Å². The van der Waals surface area contributed by atoms with Crippen LogP contribution >= 0.6 is 0 Å². The molecular weight excluding hydrogens is 419 g/mol. The molecule has 3 aromatic rings. The third-order valence-electron chi connectivity index (χ3n) is 7.11. The molecule has 2 fully saturated rings. The summed E-state index contributed by atoms with van der Waals surface area (Å²) in [4.78, 5) is 15.4. The van der Waals surface area contributed by atoms with E-state index in [1.54, 1.807) is 12.3 Å². The van der Waals surface area contributed by atoms with Crippen molar-refractivity contribution in [2.45, 2.75) is 45.4 Å². The predicted octanol–water partition coefficient (Wildman–Crippen LogP) is 5.08. The standard InChI is InChI=1S/C26H31FN4O2/c1-2-18-16-29-26(30-17-18)31-9-5-19(6-10-31)23-13-20(23)7-11-32-22-4-3-21(24(27)15-22)14-25-28-8-12-33-25/h3-4,8,12,15-17,19-20,23H,2,5-7,9-11,13-14H2,1H3/t20-,23-/m1/s1. The number of halogens is 1. The molecule has 3 heterocycles. The number of anilines is 1. The maximum Gasteiger partial charge on any atom is 0.225 e. The second-order valence-electron chi connectivity index (χ2n) is 9.22. The molecule has 0 bridgehead atoms. The quantitative estimate of drug-likeness (QED) is 0.453. The van der Waals surface area contributed by atoms with Gasteiger partial charge in [0.2, 0.25) is 5.95 Å². The molecule has 2 aromatic heterocycles. The van der Waals surface area contributed by atoms with Crippen molar-refractivity contribution in [2.24, 2.45) is 17.8 Å². The van der Waals surface area contributed by atoms with Crippen LogP contribution in [0, 0.1) is 23.6 Å². The molecule has 0 spiro atoms. The third-order valence-corrected chi connectivity index (χ3v) is 7.11. The van der Waals surface area contributed by atoms with E-state index in [0.717, 1.165) is 49.6 Å². The van der Waals surface area contributed by atoms with Gasteiger partial charge in [-0.2, -0.15) is 0 Å². The van der Waals surface area contributed by atoms with Gasteiger partial charge < -0.3 is 14.1 Å². The largest absolute Gasteiger partial charge is 0.493 e. The Bertz CT molecular complexity index is 1030. The van der Waals surface area contributed by atoms with Gasteiger partial charge in [-0.3, -0.25) is 0 Å². The van der Waals surface area contributed by atoms with Gasteiger partial charge >= 0.3 is 0 Å². The van der Waals surface area contributed by atoms with Gasteiger partial charge in [0.1, 0.15) is 17.8 Å². The normalized spacial score (nSPS) is 20.7.